The Morgan fingerprint density at radius 2 is 2.29 bits per heavy atom. The molecule has 1 aromatic rings. The van der Waals surface area contributed by atoms with Crippen LogP contribution in [0.25, 0.3) is 0 Å². The number of benzene rings is 1. The van der Waals surface area contributed by atoms with E-state index in [2.05, 4.69) is 11.4 Å². The first-order valence-corrected chi connectivity index (χ1v) is 5.91. The predicted octanol–water partition coefficient (Wildman–Crippen LogP) is 3.61. The van der Waals surface area contributed by atoms with Crippen LogP contribution in [-0.4, -0.2) is 6.54 Å². The predicted molar refractivity (Wildman–Crippen MR) is 66.2 cm³/mol. The fourth-order valence-electron chi connectivity index (χ4n) is 2.05. The summed E-state index contributed by atoms with van der Waals surface area (Å²) in [4.78, 5) is 0. The van der Waals surface area contributed by atoms with E-state index >= 15 is 0 Å². The number of halogens is 1. The third-order valence-corrected chi connectivity index (χ3v) is 2.99. The maximum Gasteiger partial charge on any atom is 0.147 e. The number of nitriles is 1. The Bertz CT molecular complexity index is 472. The molecule has 0 bridgehead atoms. The maximum atomic E-state index is 13.5. The van der Waals surface area contributed by atoms with Gasteiger partial charge in [-0.15, -0.1) is 0 Å². The minimum atomic E-state index is -0.357. The molecule has 3 heteroatoms. The Kier molecular flexibility index (Phi) is 3.77. The molecule has 0 aromatic heterocycles. The molecule has 0 atom stereocenters. The molecule has 1 aliphatic carbocycles. The number of hydrogen-bond acceptors (Lipinski definition) is 2. The van der Waals surface area contributed by atoms with E-state index in [9.17, 15) is 4.39 Å². The largest absolute Gasteiger partial charge is 0.382 e. The van der Waals surface area contributed by atoms with Gasteiger partial charge in [0.15, 0.2) is 0 Å². The summed E-state index contributed by atoms with van der Waals surface area (Å²) in [7, 11) is 0. The van der Waals surface area contributed by atoms with Crippen molar-refractivity contribution in [1.82, 2.24) is 0 Å². The fraction of sp³-hybridized carbons (Fsp3) is 0.357. The van der Waals surface area contributed by atoms with Crippen LogP contribution in [0.2, 0.25) is 0 Å². The molecule has 2 rings (SSSR count). The van der Waals surface area contributed by atoms with Gasteiger partial charge in [0, 0.05) is 6.54 Å². The van der Waals surface area contributed by atoms with Crippen molar-refractivity contribution in [3.05, 3.63) is 41.2 Å². The van der Waals surface area contributed by atoms with Crippen LogP contribution in [0.15, 0.2) is 29.8 Å². The first-order chi connectivity index (χ1) is 8.29. The van der Waals surface area contributed by atoms with E-state index in [0.29, 0.717) is 11.3 Å². The molecule has 2 nitrogen and oxygen atoms in total. The molecule has 0 unspecified atom stereocenters. The minimum absolute atomic E-state index is 0.353. The van der Waals surface area contributed by atoms with E-state index in [0.717, 1.165) is 13.0 Å². The lowest BCUT2D eigenvalue weighted by Gasteiger charge is -2.08. The highest BCUT2D eigenvalue weighted by molar-refractivity contribution is 5.48. The van der Waals surface area contributed by atoms with Gasteiger partial charge in [-0.05, 0) is 43.9 Å². The van der Waals surface area contributed by atoms with E-state index in [-0.39, 0.29) is 5.82 Å². The molecule has 1 aromatic carbocycles. The van der Waals surface area contributed by atoms with Crippen LogP contribution < -0.4 is 5.32 Å². The third kappa shape index (κ3) is 3.07. The van der Waals surface area contributed by atoms with Gasteiger partial charge in [0.2, 0.25) is 0 Å². The number of nitrogens with one attached hydrogen (secondary N) is 1. The van der Waals surface area contributed by atoms with Gasteiger partial charge in [0.25, 0.3) is 0 Å². The highest BCUT2D eigenvalue weighted by Gasteiger charge is 2.05. The second-order valence-electron chi connectivity index (χ2n) is 4.24. The fourth-order valence-corrected chi connectivity index (χ4v) is 2.05. The summed E-state index contributed by atoms with van der Waals surface area (Å²) < 4.78 is 13.5. The topological polar surface area (TPSA) is 35.8 Å². The summed E-state index contributed by atoms with van der Waals surface area (Å²) in [5.41, 5.74) is 2.29. The zero-order chi connectivity index (χ0) is 12.1. The number of allylic oxidation sites excluding steroid dienone is 1. The highest BCUT2D eigenvalue weighted by atomic mass is 19.1. The lowest BCUT2D eigenvalue weighted by Crippen LogP contribution is -2.04. The summed E-state index contributed by atoms with van der Waals surface area (Å²) in [6, 6.07) is 6.43. The summed E-state index contributed by atoms with van der Waals surface area (Å²) in [6.07, 6.45) is 6.86. The Labute approximate surface area is 101 Å². The molecule has 0 amide bonds. The second-order valence-corrected chi connectivity index (χ2v) is 4.24. The zero-order valence-corrected chi connectivity index (χ0v) is 9.67. The molecule has 0 spiro atoms. The molecule has 0 saturated carbocycles. The Balaban J connectivity index is 1.88. The molecule has 88 valence electrons. The Morgan fingerprint density at radius 1 is 1.41 bits per heavy atom. The van der Waals surface area contributed by atoms with Crippen LogP contribution in [0.4, 0.5) is 10.1 Å². The monoisotopic (exact) mass is 230 g/mol. The van der Waals surface area contributed by atoms with Gasteiger partial charge in [-0.1, -0.05) is 11.6 Å². The molecule has 0 radical (unpaired) electrons. The molecule has 17 heavy (non-hydrogen) atoms. The molecule has 1 N–H and O–H groups in total. The normalized spacial score (nSPS) is 14.2. The van der Waals surface area contributed by atoms with Gasteiger partial charge in [-0.2, -0.15) is 5.26 Å². The van der Waals surface area contributed by atoms with Crippen LogP contribution >= 0.6 is 0 Å². The van der Waals surface area contributed by atoms with E-state index in [1.807, 2.05) is 6.07 Å². The van der Waals surface area contributed by atoms with Gasteiger partial charge < -0.3 is 5.32 Å². The molecule has 0 fully saturated rings. The van der Waals surface area contributed by atoms with Crippen molar-refractivity contribution < 1.29 is 4.39 Å². The zero-order valence-electron chi connectivity index (χ0n) is 9.67. The quantitative estimate of drug-likeness (QED) is 0.802. The Morgan fingerprint density at radius 3 is 2.94 bits per heavy atom. The number of rotatable bonds is 4. The van der Waals surface area contributed by atoms with Crippen LogP contribution in [0.3, 0.4) is 0 Å². The van der Waals surface area contributed by atoms with Crippen LogP contribution in [0.1, 0.15) is 31.2 Å². The first kappa shape index (κ1) is 11.7. The maximum absolute atomic E-state index is 13.5. The number of anilines is 1. The Hall–Kier alpha value is -1.82. The van der Waals surface area contributed by atoms with Gasteiger partial charge in [0.05, 0.1) is 17.3 Å². The summed E-state index contributed by atoms with van der Waals surface area (Å²) in [5.74, 6) is -0.357. The molecular formula is C14H15FN2. The third-order valence-electron chi connectivity index (χ3n) is 2.99. The van der Waals surface area contributed by atoms with Crippen molar-refractivity contribution >= 4 is 5.69 Å². The van der Waals surface area contributed by atoms with Crippen molar-refractivity contribution in [2.45, 2.75) is 25.7 Å². The smallest absolute Gasteiger partial charge is 0.147 e. The van der Waals surface area contributed by atoms with Crippen LogP contribution in [-0.2, 0) is 0 Å². The molecule has 0 saturated heterocycles. The standard InChI is InChI=1S/C14H15FN2/c15-13-9-12(10-16)5-6-14(13)17-8-7-11-3-1-2-4-11/h3,5-6,9,17H,1-2,4,7-8H2. The van der Waals surface area contributed by atoms with E-state index in [1.165, 1.54) is 30.9 Å². The van der Waals surface area contributed by atoms with Crippen molar-refractivity contribution in [3.8, 4) is 6.07 Å². The highest BCUT2D eigenvalue weighted by Crippen LogP contribution is 2.21. The van der Waals surface area contributed by atoms with Crippen molar-refractivity contribution in [2.24, 2.45) is 0 Å². The lowest BCUT2D eigenvalue weighted by atomic mass is 10.1. The molecule has 0 heterocycles. The van der Waals surface area contributed by atoms with Crippen molar-refractivity contribution in [2.75, 3.05) is 11.9 Å². The van der Waals surface area contributed by atoms with E-state index < -0.39 is 0 Å². The molecule has 1 aliphatic rings. The summed E-state index contributed by atoms with van der Waals surface area (Å²) in [5, 5.41) is 11.7. The molecule has 0 aliphatic heterocycles. The average Bonchev–Trinajstić information content (AvgIpc) is 2.84. The van der Waals surface area contributed by atoms with Crippen molar-refractivity contribution in [3.63, 3.8) is 0 Å². The summed E-state index contributed by atoms with van der Waals surface area (Å²) >= 11 is 0. The van der Waals surface area contributed by atoms with Crippen LogP contribution in [0, 0.1) is 17.1 Å². The summed E-state index contributed by atoms with van der Waals surface area (Å²) in [6.45, 7) is 0.745. The number of hydrogen-bond donors (Lipinski definition) is 1. The van der Waals surface area contributed by atoms with Gasteiger partial charge in [-0.25, -0.2) is 4.39 Å². The average molecular weight is 230 g/mol. The van der Waals surface area contributed by atoms with Crippen molar-refractivity contribution in [1.29, 1.82) is 5.26 Å². The minimum Gasteiger partial charge on any atom is -0.382 e. The van der Waals surface area contributed by atoms with E-state index in [4.69, 9.17) is 5.26 Å². The second kappa shape index (κ2) is 5.49. The lowest BCUT2D eigenvalue weighted by molar-refractivity contribution is 0.629. The first-order valence-electron chi connectivity index (χ1n) is 5.91. The molecular weight excluding hydrogens is 215 g/mol. The number of nitrogens with zero attached hydrogens (tertiary/aromatic N) is 1. The SMILES string of the molecule is N#Cc1ccc(NCCC2=CCCC2)c(F)c1. The van der Waals surface area contributed by atoms with Gasteiger partial charge >= 0.3 is 0 Å². The van der Waals surface area contributed by atoms with Gasteiger partial charge in [0.1, 0.15) is 5.82 Å². The van der Waals surface area contributed by atoms with Gasteiger partial charge in [-0.3, -0.25) is 0 Å². The van der Waals surface area contributed by atoms with E-state index in [1.54, 1.807) is 12.1 Å². The van der Waals surface area contributed by atoms with Crippen LogP contribution in [0.5, 0.6) is 0 Å².